The molecule has 2 saturated heterocycles. The van der Waals surface area contributed by atoms with Crippen LogP contribution in [0.2, 0.25) is 5.02 Å². The summed E-state index contributed by atoms with van der Waals surface area (Å²) in [7, 11) is 2.20. The predicted molar refractivity (Wildman–Crippen MR) is 102 cm³/mol. The third-order valence-corrected chi connectivity index (χ3v) is 6.05. The van der Waals surface area contributed by atoms with Crippen molar-refractivity contribution in [2.45, 2.75) is 18.9 Å². The van der Waals surface area contributed by atoms with E-state index in [4.69, 9.17) is 11.6 Å². The number of amides is 1. The van der Waals surface area contributed by atoms with Crippen molar-refractivity contribution < 1.29 is 4.79 Å². The number of carbonyl (C=O) groups excluding carboxylic acids is 1. The molecule has 1 atom stereocenters. The minimum absolute atomic E-state index is 0.109. The van der Waals surface area contributed by atoms with E-state index in [9.17, 15) is 4.79 Å². The second-order valence-corrected chi connectivity index (χ2v) is 8.11. The van der Waals surface area contributed by atoms with Gasteiger partial charge in [0, 0.05) is 47.4 Å². The topological polar surface area (TPSA) is 26.8 Å². The fourth-order valence-electron chi connectivity index (χ4n) is 3.56. The first-order valence-corrected chi connectivity index (χ1v) is 9.67. The monoisotopic (exact) mass is 447 g/mol. The van der Waals surface area contributed by atoms with Gasteiger partial charge in [-0.1, -0.05) is 11.6 Å². The minimum atomic E-state index is 0.109. The van der Waals surface area contributed by atoms with E-state index in [-0.39, 0.29) is 5.91 Å². The van der Waals surface area contributed by atoms with Gasteiger partial charge in [0.15, 0.2) is 0 Å². The summed E-state index contributed by atoms with van der Waals surface area (Å²) >= 11 is 8.26. The van der Waals surface area contributed by atoms with Crippen LogP contribution in [0.5, 0.6) is 0 Å². The van der Waals surface area contributed by atoms with Gasteiger partial charge in [0.05, 0.1) is 5.56 Å². The third-order valence-electron chi connectivity index (χ3n) is 4.88. The minimum Gasteiger partial charge on any atom is -0.336 e. The normalized spacial score (nSPS) is 24.0. The van der Waals surface area contributed by atoms with Crippen LogP contribution in [-0.2, 0) is 0 Å². The zero-order chi connectivity index (χ0) is 16.4. The quantitative estimate of drug-likeness (QED) is 0.653. The number of halogens is 2. The van der Waals surface area contributed by atoms with Crippen molar-refractivity contribution in [1.82, 2.24) is 14.7 Å². The van der Waals surface area contributed by atoms with Crippen LogP contribution in [0.15, 0.2) is 18.2 Å². The SMILES string of the molecule is CN1CCCC(N2CCN(C(=O)c3cc(Cl)ccc3I)CC2)C1. The van der Waals surface area contributed by atoms with E-state index in [0.717, 1.165) is 41.9 Å². The van der Waals surface area contributed by atoms with Crippen molar-refractivity contribution in [3.63, 3.8) is 0 Å². The maximum Gasteiger partial charge on any atom is 0.255 e. The molecule has 0 bridgehead atoms. The number of hydrogen-bond donors (Lipinski definition) is 0. The standard InChI is InChI=1S/C17H23ClIN3O/c1-20-6-2-3-14(12-20)21-7-9-22(10-8-21)17(23)15-11-13(18)4-5-16(15)19/h4-5,11,14H,2-3,6-10,12H2,1H3. The van der Waals surface area contributed by atoms with Gasteiger partial charge in [-0.05, 0) is 67.2 Å². The number of hydrogen-bond acceptors (Lipinski definition) is 3. The first kappa shape index (κ1) is 17.5. The van der Waals surface area contributed by atoms with Gasteiger partial charge in [0.2, 0.25) is 0 Å². The Morgan fingerprint density at radius 2 is 1.96 bits per heavy atom. The second-order valence-electron chi connectivity index (χ2n) is 6.51. The van der Waals surface area contributed by atoms with E-state index in [1.165, 1.54) is 19.4 Å². The number of piperidine rings is 1. The van der Waals surface area contributed by atoms with Crippen LogP contribution in [0.25, 0.3) is 0 Å². The van der Waals surface area contributed by atoms with Crippen molar-refractivity contribution in [1.29, 1.82) is 0 Å². The zero-order valence-electron chi connectivity index (χ0n) is 13.5. The molecule has 1 amide bonds. The van der Waals surface area contributed by atoms with E-state index < -0.39 is 0 Å². The average Bonchev–Trinajstić information content (AvgIpc) is 2.56. The van der Waals surface area contributed by atoms with Gasteiger partial charge in [-0.2, -0.15) is 0 Å². The molecule has 0 spiro atoms. The van der Waals surface area contributed by atoms with E-state index in [2.05, 4.69) is 39.4 Å². The number of likely N-dealkylation sites (tertiary alicyclic amines) is 1. The fourth-order valence-corrected chi connectivity index (χ4v) is 4.30. The van der Waals surface area contributed by atoms with Crippen molar-refractivity contribution >= 4 is 40.1 Å². The van der Waals surface area contributed by atoms with E-state index in [0.29, 0.717) is 11.1 Å². The van der Waals surface area contributed by atoms with Crippen LogP contribution in [0, 0.1) is 3.57 Å². The maximum atomic E-state index is 12.7. The fraction of sp³-hybridized carbons (Fsp3) is 0.588. The molecular formula is C17H23ClIN3O. The van der Waals surface area contributed by atoms with Crippen molar-refractivity contribution in [2.75, 3.05) is 46.3 Å². The molecule has 23 heavy (non-hydrogen) atoms. The highest BCUT2D eigenvalue weighted by molar-refractivity contribution is 14.1. The zero-order valence-corrected chi connectivity index (χ0v) is 16.4. The lowest BCUT2D eigenvalue weighted by atomic mass is 10.0. The Balaban J connectivity index is 1.60. The molecule has 0 saturated carbocycles. The van der Waals surface area contributed by atoms with Gasteiger partial charge in [0.25, 0.3) is 5.91 Å². The molecule has 2 aliphatic heterocycles. The van der Waals surface area contributed by atoms with Crippen molar-refractivity contribution in [2.24, 2.45) is 0 Å². The predicted octanol–water partition coefficient (Wildman–Crippen LogP) is 2.80. The van der Waals surface area contributed by atoms with Crippen LogP contribution < -0.4 is 0 Å². The van der Waals surface area contributed by atoms with Crippen LogP contribution >= 0.6 is 34.2 Å². The summed E-state index contributed by atoms with van der Waals surface area (Å²) in [5, 5.41) is 0.623. The molecule has 0 aliphatic carbocycles. The second kappa shape index (κ2) is 7.68. The number of rotatable bonds is 2. The number of piperazine rings is 1. The molecule has 1 unspecified atom stereocenters. The Kier molecular flexibility index (Phi) is 5.82. The molecule has 0 aromatic heterocycles. The first-order valence-electron chi connectivity index (χ1n) is 8.21. The smallest absolute Gasteiger partial charge is 0.255 e. The van der Waals surface area contributed by atoms with E-state index >= 15 is 0 Å². The van der Waals surface area contributed by atoms with Crippen LogP contribution in [0.4, 0.5) is 0 Å². The molecule has 3 rings (SSSR count). The third kappa shape index (κ3) is 4.18. The molecule has 2 aliphatic rings. The summed E-state index contributed by atoms with van der Waals surface area (Å²) < 4.78 is 0.966. The van der Waals surface area contributed by atoms with Gasteiger partial charge in [-0.15, -0.1) is 0 Å². The van der Waals surface area contributed by atoms with Crippen LogP contribution in [-0.4, -0.2) is 73.0 Å². The van der Waals surface area contributed by atoms with E-state index in [1.807, 2.05) is 17.0 Å². The summed E-state index contributed by atoms with van der Waals surface area (Å²) in [6.07, 6.45) is 2.56. The largest absolute Gasteiger partial charge is 0.336 e. The summed E-state index contributed by atoms with van der Waals surface area (Å²) in [6, 6.07) is 6.17. The highest BCUT2D eigenvalue weighted by Crippen LogP contribution is 2.21. The summed E-state index contributed by atoms with van der Waals surface area (Å²) in [5.74, 6) is 0.109. The number of benzene rings is 1. The van der Waals surface area contributed by atoms with Crippen molar-refractivity contribution in [3.8, 4) is 0 Å². The van der Waals surface area contributed by atoms with Gasteiger partial charge in [-0.3, -0.25) is 9.69 Å². The molecule has 2 fully saturated rings. The van der Waals surface area contributed by atoms with Crippen LogP contribution in [0.3, 0.4) is 0 Å². The number of likely N-dealkylation sites (N-methyl/N-ethyl adjacent to an activating group) is 1. The first-order chi connectivity index (χ1) is 11.0. The molecule has 1 aromatic rings. The molecule has 126 valence electrons. The Bertz CT molecular complexity index is 575. The molecule has 6 heteroatoms. The van der Waals surface area contributed by atoms with Crippen LogP contribution in [0.1, 0.15) is 23.2 Å². The van der Waals surface area contributed by atoms with Gasteiger partial charge in [-0.25, -0.2) is 0 Å². The van der Waals surface area contributed by atoms with Crippen molar-refractivity contribution in [3.05, 3.63) is 32.4 Å². The molecular weight excluding hydrogens is 425 g/mol. The Hall–Kier alpha value is -0.370. The highest BCUT2D eigenvalue weighted by atomic mass is 127. The van der Waals surface area contributed by atoms with Gasteiger partial charge >= 0.3 is 0 Å². The number of nitrogens with zero attached hydrogens (tertiary/aromatic N) is 3. The summed E-state index contributed by atoms with van der Waals surface area (Å²) in [6.45, 7) is 5.92. The summed E-state index contributed by atoms with van der Waals surface area (Å²) in [5.41, 5.74) is 0.726. The molecule has 0 radical (unpaired) electrons. The molecule has 4 nitrogen and oxygen atoms in total. The molecule has 0 N–H and O–H groups in total. The lowest BCUT2D eigenvalue weighted by molar-refractivity contribution is 0.0451. The Morgan fingerprint density at radius 1 is 1.22 bits per heavy atom. The van der Waals surface area contributed by atoms with E-state index in [1.54, 1.807) is 6.07 Å². The lowest BCUT2D eigenvalue weighted by Crippen LogP contribution is -2.55. The lowest BCUT2D eigenvalue weighted by Gasteiger charge is -2.42. The summed E-state index contributed by atoms with van der Waals surface area (Å²) in [4.78, 5) is 19.7. The average molecular weight is 448 g/mol. The highest BCUT2D eigenvalue weighted by Gasteiger charge is 2.29. The van der Waals surface area contributed by atoms with Gasteiger partial charge < -0.3 is 9.80 Å². The molecule has 2 heterocycles. The van der Waals surface area contributed by atoms with Gasteiger partial charge in [0.1, 0.15) is 0 Å². The Labute approximate surface area is 156 Å². The molecule has 1 aromatic carbocycles. The maximum absolute atomic E-state index is 12.7. The number of carbonyl (C=O) groups is 1. The Morgan fingerprint density at radius 3 is 2.65 bits per heavy atom.